The number of sulfonamides is 1. The average Bonchev–Trinajstić information content (AvgIpc) is 2.72. The number of nitrogens with zero attached hydrogens (tertiary/aromatic N) is 1. The number of nitrogens with one attached hydrogen (secondary N) is 2. The van der Waals surface area contributed by atoms with Gasteiger partial charge in [0.05, 0.1) is 4.90 Å². The number of hydrogen-bond acceptors (Lipinski definition) is 4. The van der Waals surface area contributed by atoms with E-state index in [4.69, 9.17) is 0 Å². The molecule has 0 aliphatic heterocycles. The summed E-state index contributed by atoms with van der Waals surface area (Å²) < 4.78 is 27.5. The molecule has 0 saturated heterocycles. The average molecular weight is 432 g/mol. The van der Waals surface area contributed by atoms with Gasteiger partial charge in [0.1, 0.15) is 0 Å². The zero-order chi connectivity index (χ0) is 22.1. The largest absolute Gasteiger partial charge is 0.352 e. The molecule has 0 aliphatic rings. The minimum absolute atomic E-state index is 0.0599. The summed E-state index contributed by atoms with van der Waals surface area (Å²) >= 11 is 0. The predicted molar refractivity (Wildman–Crippen MR) is 121 cm³/mol. The Labute approximate surface area is 180 Å². The van der Waals surface area contributed by atoms with Gasteiger partial charge in [-0.25, -0.2) is 13.1 Å². The van der Waals surface area contributed by atoms with Gasteiger partial charge in [0.2, 0.25) is 15.9 Å². The van der Waals surface area contributed by atoms with E-state index in [-0.39, 0.29) is 23.8 Å². The lowest BCUT2D eigenvalue weighted by Gasteiger charge is -2.18. The number of amides is 1. The molecule has 1 amide bonds. The Morgan fingerprint density at radius 1 is 0.967 bits per heavy atom. The molecule has 0 aliphatic carbocycles. The van der Waals surface area contributed by atoms with E-state index in [0.717, 1.165) is 30.8 Å². The Morgan fingerprint density at radius 2 is 1.60 bits per heavy atom. The molecule has 6 nitrogen and oxygen atoms in total. The van der Waals surface area contributed by atoms with Crippen LogP contribution in [0, 0.1) is 13.8 Å². The van der Waals surface area contributed by atoms with E-state index in [1.807, 2.05) is 25.1 Å². The molecular weight excluding hydrogens is 398 g/mol. The Bertz CT molecular complexity index is 937. The van der Waals surface area contributed by atoms with Crippen LogP contribution in [0.25, 0.3) is 0 Å². The Morgan fingerprint density at radius 3 is 2.23 bits per heavy atom. The van der Waals surface area contributed by atoms with Crippen molar-refractivity contribution in [2.24, 2.45) is 0 Å². The van der Waals surface area contributed by atoms with E-state index in [2.05, 4.69) is 40.9 Å². The van der Waals surface area contributed by atoms with Crippen molar-refractivity contribution < 1.29 is 13.2 Å². The SMILES string of the molecule is CCN(CC)Cc1ccc(CNC(=O)CCNS(=O)(=O)c2cc(C)ccc2C)cc1. The lowest BCUT2D eigenvalue weighted by molar-refractivity contribution is -0.121. The molecule has 0 atom stereocenters. The molecule has 30 heavy (non-hydrogen) atoms. The highest BCUT2D eigenvalue weighted by molar-refractivity contribution is 7.89. The van der Waals surface area contributed by atoms with Gasteiger partial charge in [-0.15, -0.1) is 0 Å². The minimum atomic E-state index is -3.63. The zero-order valence-electron chi connectivity index (χ0n) is 18.4. The number of hydrogen-bond donors (Lipinski definition) is 2. The van der Waals surface area contributed by atoms with Crippen LogP contribution >= 0.6 is 0 Å². The molecule has 0 aromatic heterocycles. The summed E-state index contributed by atoms with van der Waals surface area (Å²) in [6.45, 7) is 11.3. The zero-order valence-corrected chi connectivity index (χ0v) is 19.2. The maximum atomic E-state index is 12.5. The first-order chi connectivity index (χ1) is 14.2. The normalized spacial score (nSPS) is 11.6. The molecular formula is C23H33N3O3S. The third-order valence-electron chi connectivity index (χ3n) is 5.09. The summed E-state index contributed by atoms with van der Waals surface area (Å²) in [5.41, 5.74) is 3.82. The van der Waals surface area contributed by atoms with Gasteiger partial charge in [0, 0.05) is 26.1 Å². The third-order valence-corrected chi connectivity index (χ3v) is 6.69. The fourth-order valence-corrected chi connectivity index (χ4v) is 4.49. The van der Waals surface area contributed by atoms with Gasteiger partial charge >= 0.3 is 0 Å². The number of aryl methyl sites for hydroxylation is 2. The second-order valence-electron chi connectivity index (χ2n) is 7.47. The van der Waals surface area contributed by atoms with Gasteiger partial charge in [-0.3, -0.25) is 9.69 Å². The predicted octanol–water partition coefficient (Wildman–Crippen LogP) is 3.13. The van der Waals surface area contributed by atoms with Crippen LogP contribution in [-0.2, 0) is 27.9 Å². The molecule has 2 rings (SSSR count). The lowest BCUT2D eigenvalue weighted by Crippen LogP contribution is -2.31. The second kappa shape index (κ2) is 11.2. The van der Waals surface area contributed by atoms with Crippen LogP contribution in [0.5, 0.6) is 0 Å². The minimum Gasteiger partial charge on any atom is -0.352 e. The Hall–Kier alpha value is -2.22. The van der Waals surface area contributed by atoms with Gasteiger partial charge in [-0.2, -0.15) is 0 Å². The highest BCUT2D eigenvalue weighted by atomic mass is 32.2. The maximum Gasteiger partial charge on any atom is 0.240 e. The van der Waals surface area contributed by atoms with Crippen LogP contribution < -0.4 is 10.0 Å². The maximum absolute atomic E-state index is 12.5. The topological polar surface area (TPSA) is 78.5 Å². The van der Waals surface area contributed by atoms with Crippen molar-refractivity contribution in [2.45, 2.75) is 52.1 Å². The molecule has 164 valence electrons. The third kappa shape index (κ3) is 7.23. The van der Waals surface area contributed by atoms with Crippen LogP contribution in [0.15, 0.2) is 47.4 Å². The summed E-state index contributed by atoms with van der Waals surface area (Å²) in [6, 6.07) is 13.5. The molecule has 0 saturated carbocycles. The van der Waals surface area contributed by atoms with Gasteiger partial charge in [-0.05, 0) is 55.3 Å². The summed E-state index contributed by atoms with van der Waals surface area (Å²) in [4.78, 5) is 14.7. The van der Waals surface area contributed by atoms with E-state index in [1.165, 1.54) is 5.56 Å². The number of rotatable bonds is 11. The van der Waals surface area contributed by atoms with Crippen LogP contribution in [0.2, 0.25) is 0 Å². The first kappa shape index (κ1) is 24.1. The quantitative estimate of drug-likeness (QED) is 0.573. The van der Waals surface area contributed by atoms with Crippen LogP contribution in [0.3, 0.4) is 0 Å². The first-order valence-corrected chi connectivity index (χ1v) is 11.9. The van der Waals surface area contributed by atoms with Crippen molar-refractivity contribution >= 4 is 15.9 Å². The van der Waals surface area contributed by atoms with Crippen LogP contribution in [0.1, 0.15) is 42.5 Å². The number of carbonyl (C=O) groups is 1. The highest BCUT2D eigenvalue weighted by Crippen LogP contribution is 2.16. The smallest absolute Gasteiger partial charge is 0.240 e. The van der Waals surface area contributed by atoms with Crippen molar-refractivity contribution in [3.05, 3.63) is 64.7 Å². The second-order valence-corrected chi connectivity index (χ2v) is 9.21. The van der Waals surface area contributed by atoms with Crippen molar-refractivity contribution in [1.82, 2.24) is 14.9 Å². The van der Waals surface area contributed by atoms with E-state index in [9.17, 15) is 13.2 Å². The van der Waals surface area contributed by atoms with E-state index < -0.39 is 10.0 Å². The lowest BCUT2D eigenvalue weighted by atomic mass is 10.1. The molecule has 0 radical (unpaired) electrons. The highest BCUT2D eigenvalue weighted by Gasteiger charge is 2.17. The summed E-state index contributed by atoms with van der Waals surface area (Å²) in [5, 5.41) is 2.84. The molecule has 2 aromatic rings. The molecule has 0 heterocycles. The van der Waals surface area contributed by atoms with Crippen molar-refractivity contribution in [2.75, 3.05) is 19.6 Å². The molecule has 0 spiro atoms. The van der Waals surface area contributed by atoms with Crippen molar-refractivity contribution in [1.29, 1.82) is 0 Å². The summed E-state index contributed by atoms with van der Waals surface area (Å²) in [6.07, 6.45) is 0.0874. The Balaban J connectivity index is 1.79. The van der Waals surface area contributed by atoms with Crippen LogP contribution in [0.4, 0.5) is 0 Å². The molecule has 0 unspecified atom stereocenters. The van der Waals surface area contributed by atoms with Crippen LogP contribution in [-0.4, -0.2) is 38.9 Å². The summed E-state index contributed by atoms with van der Waals surface area (Å²) in [7, 11) is -3.63. The molecule has 7 heteroatoms. The molecule has 0 bridgehead atoms. The monoisotopic (exact) mass is 431 g/mol. The number of carbonyl (C=O) groups excluding carboxylic acids is 1. The standard InChI is InChI=1S/C23H33N3O3S/c1-5-26(6-2)17-21-11-9-20(10-12-21)16-24-23(27)13-14-25-30(28,29)22-15-18(3)7-8-19(22)4/h7-12,15,25H,5-6,13-14,16-17H2,1-4H3,(H,24,27). The number of benzene rings is 2. The molecule has 2 aromatic carbocycles. The fourth-order valence-electron chi connectivity index (χ4n) is 3.13. The van der Waals surface area contributed by atoms with Gasteiger partial charge < -0.3 is 5.32 Å². The van der Waals surface area contributed by atoms with Crippen molar-refractivity contribution in [3.63, 3.8) is 0 Å². The summed E-state index contributed by atoms with van der Waals surface area (Å²) in [5.74, 6) is -0.189. The van der Waals surface area contributed by atoms with Gasteiger partial charge in [0.25, 0.3) is 0 Å². The van der Waals surface area contributed by atoms with Crippen molar-refractivity contribution in [3.8, 4) is 0 Å². The van der Waals surface area contributed by atoms with Gasteiger partial charge in [-0.1, -0.05) is 50.2 Å². The van der Waals surface area contributed by atoms with E-state index in [0.29, 0.717) is 12.1 Å². The Kier molecular flexibility index (Phi) is 9.02. The van der Waals surface area contributed by atoms with E-state index in [1.54, 1.807) is 19.1 Å². The van der Waals surface area contributed by atoms with Gasteiger partial charge in [0.15, 0.2) is 0 Å². The molecule has 2 N–H and O–H groups in total. The fraction of sp³-hybridized carbons (Fsp3) is 0.435. The molecule has 0 fully saturated rings. The van der Waals surface area contributed by atoms with E-state index >= 15 is 0 Å². The first-order valence-electron chi connectivity index (χ1n) is 10.4.